The lowest BCUT2D eigenvalue weighted by Gasteiger charge is -2.42. The molecule has 0 aliphatic carbocycles. The SMILES string of the molecule is O=C(O)C(F)(F)F.c1cnc(N2CCOCC3(CCN(Cc4ccsc4)CC3)C2)nc1. The number of piperidine rings is 1. The molecule has 0 amide bonds. The lowest BCUT2D eigenvalue weighted by atomic mass is 9.78. The maximum atomic E-state index is 10.6. The van der Waals surface area contributed by atoms with Crippen LogP contribution in [0, 0.1) is 5.41 Å². The van der Waals surface area contributed by atoms with Gasteiger partial charge in [0, 0.05) is 37.4 Å². The molecule has 4 rings (SSSR count). The van der Waals surface area contributed by atoms with Crippen LogP contribution in [0.15, 0.2) is 35.3 Å². The molecule has 0 unspecified atom stereocenters. The lowest BCUT2D eigenvalue weighted by Crippen LogP contribution is -2.47. The summed E-state index contributed by atoms with van der Waals surface area (Å²) in [6.45, 7) is 6.87. The molecule has 31 heavy (non-hydrogen) atoms. The van der Waals surface area contributed by atoms with Gasteiger partial charge in [-0.1, -0.05) is 0 Å². The van der Waals surface area contributed by atoms with E-state index in [0.29, 0.717) is 0 Å². The third-order valence-corrected chi connectivity index (χ3v) is 6.15. The van der Waals surface area contributed by atoms with Crippen molar-refractivity contribution in [2.45, 2.75) is 25.6 Å². The van der Waals surface area contributed by atoms with Crippen LogP contribution in [0.5, 0.6) is 0 Å². The summed E-state index contributed by atoms with van der Waals surface area (Å²) in [6.07, 6.45) is 0.926. The van der Waals surface area contributed by atoms with Crippen molar-refractivity contribution in [3.63, 3.8) is 0 Å². The molecule has 0 radical (unpaired) electrons. The molecule has 0 aromatic carbocycles. The highest BCUT2D eigenvalue weighted by molar-refractivity contribution is 7.07. The number of alkyl halides is 3. The van der Waals surface area contributed by atoms with Crippen LogP contribution in [0.25, 0.3) is 0 Å². The third-order valence-electron chi connectivity index (χ3n) is 5.42. The largest absolute Gasteiger partial charge is 0.490 e. The summed E-state index contributed by atoms with van der Waals surface area (Å²) >= 11 is 1.78. The van der Waals surface area contributed by atoms with E-state index in [1.54, 1.807) is 11.3 Å². The number of carboxylic acid groups (broad SMARTS) is 1. The zero-order valence-corrected chi connectivity index (χ0v) is 17.7. The van der Waals surface area contributed by atoms with Crippen molar-refractivity contribution in [2.24, 2.45) is 5.41 Å². The van der Waals surface area contributed by atoms with E-state index in [4.69, 9.17) is 14.6 Å². The molecule has 2 aromatic rings. The summed E-state index contributed by atoms with van der Waals surface area (Å²) in [4.78, 5) is 22.6. The molecule has 7 nitrogen and oxygen atoms in total. The van der Waals surface area contributed by atoms with E-state index >= 15 is 0 Å². The highest BCUT2D eigenvalue weighted by Gasteiger charge is 2.39. The second-order valence-corrected chi connectivity index (χ2v) is 8.51. The fraction of sp³-hybridized carbons (Fsp3) is 0.550. The fourth-order valence-electron chi connectivity index (χ4n) is 3.75. The Balaban J connectivity index is 0.000000339. The zero-order chi connectivity index (χ0) is 22.3. The van der Waals surface area contributed by atoms with E-state index in [2.05, 4.69) is 36.6 Å². The molecule has 1 N–H and O–H groups in total. The number of likely N-dealkylation sites (tertiary alicyclic amines) is 1. The molecule has 2 aliphatic heterocycles. The van der Waals surface area contributed by atoms with Crippen LogP contribution in [0.4, 0.5) is 19.1 Å². The Morgan fingerprint density at radius 1 is 1.23 bits per heavy atom. The maximum Gasteiger partial charge on any atom is 0.490 e. The average Bonchev–Trinajstić information content (AvgIpc) is 3.17. The van der Waals surface area contributed by atoms with Crippen molar-refractivity contribution in [3.05, 3.63) is 40.8 Å². The summed E-state index contributed by atoms with van der Waals surface area (Å²) in [7, 11) is 0. The lowest BCUT2D eigenvalue weighted by molar-refractivity contribution is -0.192. The number of aliphatic carboxylic acids is 1. The Labute approximate surface area is 182 Å². The number of aromatic nitrogens is 2. The molecular weight excluding hydrogens is 433 g/mol. The number of rotatable bonds is 3. The van der Waals surface area contributed by atoms with Crippen molar-refractivity contribution >= 4 is 23.3 Å². The third kappa shape index (κ3) is 6.88. The number of halogens is 3. The summed E-state index contributed by atoms with van der Waals surface area (Å²) in [5.74, 6) is -1.92. The topological polar surface area (TPSA) is 78.8 Å². The monoisotopic (exact) mass is 458 g/mol. The maximum absolute atomic E-state index is 10.6. The minimum atomic E-state index is -5.08. The number of thiophene rings is 1. The van der Waals surface area contributed by atoms with E-state index in [-0.39, 0.29) is 5.41 Å². The van der Waals surface area contributed by atoms with Crippen molar-refractivity contribution in [3.8, 4) is 0 Å². The smallest absolute Gasteiger partial charge is 0.475 e. The van der Waals surface area contributed by atoms with E-state index in [9.17, 15) is 13.2 Å². The van der Waals surface area contributed by atoms with Gasteiger partial charge in [0.2, 0.25) is 5.95 Å². The van der Waals surface area contributed by atoms with Gasteiger partial charge < -0.3 is 14.7 Å². The van der Waals surface area contributed by atoms with Crippen LogP contribution in [0.2, 0.25) is 0 Å². The highest BCUT2D eigenvalue weighted by Crippen LogP contribution is 2.35. The molecule has 0 bridgehead atoms. The number of carbonyl (C=O) groups is 1. The van der Waals surface area contributed by atoms with Crippen molar-refractivity contribution in [1.82, 2.24) is 14.9 Å². The number of hydrogen-bond acceptors (Lipinski definition) is 7. The highest BCUT2D eigenvalue weighted by atomic mass is 32.1. The standard InChI is InChI=1S/C18H24N4OS.C2HF3O2/c1-5-19-17(20-6-1)22-9-10-23-15-18(14-22)3-7-21(8-4-18)12-16-2-11-24-13-16;3-2(4,5)1(6)7/h1-2,5-6,11,13H,3-4,7-10,12,14-15H2;(H,6,7). The molecule has 2 saturated heterocycles. The van der Waals surface area contributed by atoms with E-state index in [1.807, 2.05) is 18.5 Å². The first-order valence-electron chi connectivity index (χ1n) is 9.91. The first-order valence-corrected chi connectivity index (χ1v) is 10.8. The Morgan fingerprint density at radius 2 is 1.90 bits per heavy atom. The van der Waals surface area contributed by atoms with Gasteiger partial charge in [-0.2, -0.15) is 24.5 Å². The van der Waals surface area contributed by atoms with Gasteiger partial charge in [-0.05, 0) is 54.4 Å². The Hall–Kier alpha value is -2.24. The van der Waals surface area contributed by atoms with Gasteiger partial charge in [-0.3, -0.25) is 4.90 Å². The molecule has 2 fully saturated rings. The molecule has 0 atom stereocenters. The van der Waals surface area contributed by atoms with Gasteiger partial charge in [0.1, 0.15) is 0 Å². The summed E-state index contributed by atoms with van der Waals surface area (Å²) < 4.78 is 37.7. The number of ether oxygens (including phenoxy) is 1. The average molecular weight is 459 g/mol. The number of nitrogens with zero attached hydrogens (tertiary/aromatic N) is 4. The van der Waals surface area contributed by atoms with Crippen molar-refractivity contribution in [1.29, 1.82) is 0 Å². The Morgan fingerprint density at radius 3 is 2.48 bits per heavy atom. The second-order valence-electron chi connectivity index (χ2n) is 7.73. The van der Waals surface area contributed by atoms with Crippen LogP contribution >= 0.6 is 11.3 Å². The normalized spacial score (nSPS) is 19.4. The molecule has 4 heterocycles. The summed E-state index contributed by atoms with van der Waals surface area (Å²) in [5, 5.41) is 11.5. The van der Waals surface area contributed by atoms with E-state index in [1.165, 1.54) is 18.4 Å². The molecule has 170 valence electrons. The first-order chi connectivity index (χ1) is 14.8. The fourth-order valence-corrected chi connectivity index (χ4v) is 4.41. The van der Waals surface area contributed by atoms with Gasteiger partial charge in [0.05, 0.1) is 13.2 Å². The molecule has 11 heteroatoms. The molecule has 1 spiro atoms. The van der Waals surface area contributed by atoms with Crippen LogP contribution in [0.1, 0.15) is 18.4 Å². The summed E-state index contributed by atoms with van der Waals surface area (Å²) in [6, 6.07) is 4.11. The van der Waals surface area contributed by atoms with Gasteiger partial charge in [0.15, 0.2) is 0 Å². The minimum Gasteiger partial charge on any atom is -0.475 e. The minimum absolute atomic E-state index is 0.237. The van der Waals surface area contributed by atoms with Crippen molar-refractivity contribution in [2.75, 3.05) is 44.3 Å². The number of anilines is 1. The molecular formula is C20H25F3N4O3S. The zero-order valence-electron chi connectivity index (χ0n) is 16.9. The molecule has 0 saturated carbocycles. The van der Waals surface area contributed by atoms with Gasteiger partial charge in [-0.15, -0.1) is 0 Å². The van der Waals surface area contributed by atoms with Crippen molar-refractivity contribution < 1.29 is 27.8 Å². The first kappa shape index (κ1) is 23.4. The Kier molecular flexibility index (Phi) is 7.84. The number of carboxylic acids is 1. The van der Waals surface area contributed by atoms with Gasteiger partial charge in [-0.25, -0.2) is 14.8 Å². The summed E-state index contributed by atoms with van der Waals surface area (Å²) in [5.41, 5.74) is 1.67. The van der Waals surface area contributed by atoms with E-state index < -0.39 is 12.1 Å². The molecule has 2 aromatic heterocycles. The second kappa shape index (κ2) is 10.4. The number of hydrogen-bond donors (Lipinski definition) is 1. The van der Waals surface area contributed by atoms with Gasteiger partial charge in [0.25, 0.3) is 0 Å². The van der Waals surface area contributed by atoms with Crippen LogP contribution in [0.3, 0.4) is 0 Å². The van der Waals surface area contributed by atoms with Crippen LogP contribution in [-0.4, -0.2) is 71.5 Å². The van der Waals surface area contributed by atoms with E-state index in [0.717, 1.165) is 51.9 Å². The molecule has 2 aliphatic rings. The predicted octanol–water partition coefficient (Wildman–Crippen LogP) is 3.29. The van der Waals surface area contributed by atoms with Gasteiger partial charge >= 0.3 is 12.1 Å². The van der Waals surface area contributed by atoms with Crippen LogP contribution < -0.4 is 4.90 Å². The quantitative estimate of drug-likeness (QED) is 0.756. The Bertz CT molecular complexity index is 813. The van der Waals surface area contributed by atoms with Crippen LogP contribution in [-0.2, 0) is 16.1 Å². The predicted molar refractivity (Wildman–Crippen MR) is 110 cm³/mol.